The lowest BCUT2D eigenvalue weighted by Gasteiger charge is -2.31. The van der Waals surface area contributed by atoms with Gasteiger partial charge >= 0.3 is 0 Å². The summed E-state index contributed by atoms with van der Waals surface area (Å²) in [7, 11) is 0. The van der Waals surface area contributed by atoms with E-state index in [4.69, 9.17) is 5.73 Å². The summed E-state index contributed by atoms with van der Waals surface area (Å²) in [5.74, 6) is 0. The van der Waals surface area contributed by atoms with Crippen molar-refractivity contribution in [3.05, 3.63) is 0 Å². The molecule has 1 atom stereocenters. The Morgan fingerprint density at radius 2 is 2.08 bits per heavy atom. The number of nitrogens with zero attached hydrogens (tertiary/aromatic N) is 1. The van der Waals surface area contributed by atoms with Gasteiger partial charge < -0.3 is 10.6 Å². The van der Waals surface area contributed by atoms with E-state index in [0.717, 1.165) is 5.25 Å². The fourth-order valence-corrected chi connectivity index (χ4v) is 1.93. The van der Waals surface area contributed by atoms with Crippen LogP contribution in [0.15, 0.2) is 0 Å². The molecule has 0 aromatic heterocycles. The SMILES string of the molecule is CSC(C)CN1CCC(N)CC1. The number of hydrogen-bond donors (Lipinski definition) is 1. The second kappa shape index (κ2) is 5.10. The fraction of sp³-hybridized carbons (Fsp3) is 1.00. The summed E-state index contributed by atoms with van der Waals surface area (Å²) in [6.45, 7) is 5.92. The van der Waals surface area contributed by atoms with Crippen LogP contribution in [0.1, 0.15) is 19.8 Å². The molecular formula is C9H20N2S. The Hall–Kier alpha value is 0.270. The highest BCUT2D eigenvalue weighted by atomic mass is 32.2. The Bertz CT molecular complexity index is 122. The molecule has 2 N–H and O–H groups in total. The molecule has 1 aliphatic heterocycles. The predicted molar refractivity (Wildman–Crippen MR) is 56.6 cm³/mol. The lowest BCUT2D eigenvalue weighted by Crippen LogP contribution is -2.41. The molecule has 2 nitrogen and oxygen atoms in total. The standard InChI is InChI=1S/C9H20N2S/c1-8(12-2)7-11-5-3-9(10)4-6-11/h8-9H,3-7,10H2,1-2H3. The van der Waals surface area contributed by atoms with E-state index in [-0.39, 0.29) is 0 Å². The zero-order chi connectivity index (χ0) is 8.97. The van der Waals surface area contributed by atoms with Crippen molar-refractivity contribution in [2.24, 2.45) is 5.73 Å². The molecule has 3 heteroatoms. The molecule has 1 heterocycles. The molecule has 0 radical (unpaired) electrons. The van der Waals surface area contributed by atoms with E-state index in [1.165, 1.54) is 32.5 Å². The van der Waals surface area contributed by atoms with Crippen LogP contribution in [0.4, 0.5) is 0 Å². The first-order valence-corrected chi connectivity index (χ1v) is 6.02. The average molecular weight is 188 g/mol. The number of hydrogen-bond acceptors (Lipinski definition) is 3. The third-order valence-corrected chi connectivity index (χ3v) is 3.50. The summed E-state index contributed by atoms with van der Waals surface area (Å²) < 4.78 is 0. The van der Waals surface area contributed by atoms with Crippen molar-refractivity contribution in [1.29, 1.82) is 0 Å². The first kappa shape index (κ1) is 10.4. The largest absolute Gasteiger partial charge is 0.328 e. The van der Waals surface area contributed by atoms with E-state index in [2.05, 4.69) is 18.1 Å². The van der Waals surface area contributed by atoms with Gasteiger partial charge in [0.2, 0.25) is 0 Å². The molecule has 1 rings (SSSR count). The maximum Gasteiger partial charge on any atom is 0.0143 e. The minimum absolute atomic E-state index is 0.464. The van der Waals surface area contributed by atoms with Crippen LogP contribution in [0.2, 0.25) is 0 Å². The van der Waals surface area contributed by atoms with Crippen molar-refractivity contribution in [3.8, 4) is 0 Å². The van der Waals surface area contributed by atoms with E-state index in [1.807, 2.05) is 11.8 Å². The molecular weight excluding hydrogens is 168 g/mol. The zero-order valence-electron chi connectivity index (χ0n) is 8.12. The molecule has 1 unspecified atom stereocenters. The van der Waals surface area contributed by atoms with Crippen molar-refractivity contribution in [3.63, 3.8) is 0 Å². The van der Waals surface area contributed by atoms with Gasteiger partial charge in [0.15, 0.2) is 0 Å². The normalized spacial score (nSPS) is 24.2. The van der Waals surface area contributed by atoms with Gasteiger partial charge in [-0.05, 0) is 32.2 Å². The first-order valence-electron chi connectivity index (χ1n) is 4.73. The summed E-state index contributed by atoms with van der Waals surface area (Å²) in [5.41, 5.74) is 5.83. The number of likely N-dealkylation sites (tertiary alicyclic amines) is 1. The molecule has 0 spiro atoms. The molecule has 0 aliphatic carbocycles. The Morgan fingerprint density at radius 1 is 1.50 bits per heavy atom. The third-order valence-electron chi connectivity index (χ3n) is 2.55. The lowest BCUT2D eigenvalue weighted by atomic mass is 10.1. The number of piperidine rings is 1. The smallest absolute Gasteiger partial charge is 0.0143 e. The van der Waals surface area contributed by atoms with Crippen LogP contribution in [0.25, 0.3) is 0 Å². The number of rotatable bonds is 3. The molecule has 0 saturated carbocycles. The third kappa shape index (κ3) is 3.33. The van der Waals surface area contributed by atoms with Crippen molar-refractivity contribution >= 4 is 11.8 Å². The van der Waals surface area contributed by atoms with Crippen molar-refractivity contribution in [2.45, 2.75) is 31.1 Å². The van der Waals surface area contributed by atoms with E-state index in [1.54, 1.807) is 0 Å². The van der Waals surface area contributed by atoms with Gasteiger partial charge in [-0.15, -0.1) is 0 Å². The summed E-state index contributed by atoms with van der Waals surface area (Å²) in [5, 5.41) is 0.763. The molecule has 0 aromatic rings. The fourth-order valence-electron chi connectivity index (χ4n) is 1.57. The Kier molecular flexibility index (Phi) is 4.40. The Morgan fingerprint density at radius 3 is 2.58 bits per heavy atom. The molecule has 0 bridgehead atoms. The van der Waals surface area contributed by atoms with Crippen LogP contribution in [0.3, 0.4) is 0 Å². The van der Waals surface area contributed by atoms with Gasteiger partial charge in [-0.3, -0.25) is 0 Å². The monoisotopic (exact) mass is 188 g/mol. The van der Waals surface area contributed by atoms with Gasteiger partial charge in [-0.25, -0.2) is 0 Å². The van der Waals surface area contributed by atoms with Crippen molar-refractivity contribution in [2.75, 3.05) is 25.9 Å². The molecule has 1 saturated heterocycles. The molecule has 12 heavy (non-hydrogen) atoms. The zero-order valence-corrected chi connectivity index (χ0v) is 8.94. The maximum atomic E-state index is 5.83. The van der Waals surface area contributed by atoms with Gasteiger partial charge in [0.1, 0.15) is 0 Å². The second-order valence-corrected chi connectivity index (χ2v) is 4.96. The van der Waals surface area contributed by atoms with E-state index in [0.29, 0.717) is 6.04 Å². The van der Waals surface area contributed by atoms with Crippen LogP contribution in [0, 0.1) is 0 Å². The van der Waals surface area contributed by atoms with E-state index < -0.39 is 0 Å². The highest BCUT2D eigenvalue weighted by Gasteiger charge is 2.16. The lowest BCUT2D eigenvalue weighted by molar-refractivity contribution is 0.216. The Balaban J connectivity index is 2.17. The predicted octanol–water partition coefficient (Wildman–Crippen LogP) is 1.16. The topological polar surface area (TPSA) is 29.3 Å². The quantitative estimate of drug-likeness (QED) is 0.721. The van der Waals surface area contributed by atoms with Gasteiger partial charge in [0, 0.05) is 17.8 Å². The van der Waals surface area contributed by atoms with Crippen molar-refractivity contribution in [1.82, 2.24) is 4.90 Å². The van der Waals surface area contributed by atoms with Gasteiger partial charge in [0.05, 0.1) is 0 Å². The van der Waals surface area contributed by atoms with Gasteiger partial charge in [-0.2, -0.15) is 11.8 Å². The second-order valence-electron chi connectivity index (χ2n) is 3.68. The van der Waals surface area contributed by atoms with E-state index in [9.17, 15) is 0 Å². The molecule has 1 aliphatic rings. The molecule has 0 aromatic carbocycles. The van der Waals surface area contributed by atoms with Crippen molar-refractivity contribution < 1.29 is 0 Å². The van der Waals surface area contributed by atoms with Crippen LogP contribution in [-0.4, -0.2) is 42.1 Å². The van der Waals surface area contributed by atoms with Crippen LogP contribution >= 0.6 is 11.8 Å². The Labute approximate surface area is 79.9 Å². The summed E-state index contributed by atoms with van der Waals surface area (Å²) >= 11 is 1.95. The molecule has 1 fully saturated rings. The molecule has 72 valence electrons. The first-order chi connectivity index (χ1) is 5.72. The van der Waals surface area contributed by atoms with E-state index >= 15 is 0 Å². The highest BCUT2D eigenvalue weighted by molar-refractivity contribution is 7.99. The number of nitrogens with two attached hydrogens (primary N) is 1. The minimum Gasteiger partial charge on any atom is -0.328 e. The minimum atomic E-state index is 0.464. The highest BCUT2D eigenvalue weighted by Crippen LogP contribution is 2.12. The maximum absolute atomic E-state index is 5.83. The van der Waals surface area contributed by atoms with Crippen LogP contribution in [0.5, 0.6) is 0 Å². The van der Waals surface area contributed by atoms with Crippen LogP contribution in [-0.2, 0) is 0 Å². The van der Waals surface area contributed by atoms with Crippen LogP contribution < -0.4 is 5.73 Å². The van der Waals surface area contributed by atoms with Gasteiger partial charge in [-0.1, -0.05) is 6.92 Å². The summed E-state index contributed by atoms with van der Waals surface area (Å²) in [6, 6.07) is 0.464. The average Bonchev–Trinajstić information content (AvgIpc) is 2.09. The summed E-state index contributed by atoms with van der Waals surface area (Å²) in [6.07, 6.45) is 4.54. The summed E-state index contributed by atoms with van der Waals surface area (Å²) in [4.78, 5) is 2.53. The molecule has 0 amide bonds. The van der Waals surface area contributed by atoms with Gasteiger partial charge in [0.25, 0.3) is 0 Å². The number of thioether (sulfide) groups is 1.